The number of anilines is 1. The number of hydrogen-bond donors (Lipinski definition) is 2. The van der Waals surface area contributed by atoms with Gasteiger partial charge in [-0.2, -0.15) is 0 Å². The van der Waals surface area contributed by atoms with E-state index in [9.17, 15) is 4.79 Å². The molecule has 2 atom stereocenters. The van der Waals surface area contributed by atoms with Crippen LogP contribution in [-0.2, 0) is 9.53 Å². The summed E-state index contributed by atoms with van der Waals surface area (Å²) < 4.78 is 5.26. The third kappa shape index (κ3) is 2.34. The predicted molar refractivity (Wildman–Crippen MR) is 69.5 cm³/mol. The number of ether oxygens (including phenoxy) is 1. The van der Waals surface area contributed by atoms with Crippen LogP contribution in [0, 0.1) is 12.3 Å². The zero-order valence-corrected chi connectivity index (χ0v) is 11.1. The van der Waals surface area contributed by atoms with E-state index < -0.39 is 5.41 Å². The molecule has 18 heavy (non-hydrogen) atoms. The van der Waals surface area contributed by atoms with Crippen LogP contribution in [0.25, 0.3) is 0 Å². The number of hydrogen-bond acceptors (Lipinski definition) is 4. The Morgan fingerprint density at radius 2 is 2.44 bits per heavy atom. The molecule has 1 aliphatic rings. The van der Waals surface area contributed by atoms with Crippen molar-refractivity contribution >= 4 is 23.2 Å². The fourth-order valence-corrected chi connectivity index (χ4v) is 2.05. The zero-order chi connectivity index (χ0) is 13.3. The topological polar surface area (TPSA) is 77.2 Å². The van der Waals surface area contributed by atoms with Gasteiger partial charge in [-0.3, -0.25) is 4.79 Å². The second kappa shape index (κ2) is 4.84. The average Bonchev–Trinajstić information content (AvgIpc) is 2.64. The van der Waals surface area contributed by atoms with Crippen molar-refractivity contribution in [2.45, 2.75) is 19.9 Å². The molecular formula is C12H16ClN3O2. The second-order valence-electron chi connectivity index (χ2n) is 4.82. The van der Waals surface area contributed by atoms with Crippen LogP contribution >= 0.6 is 11.6 Å². The zero-order valence-electron chi connectivity index (χ0n) is 10.4. The summed E-state index contributed by atoms with van der Waals surface area (Å²) in [5.74, 6) is -0.153. The lowest BCUT2D eigenvalue weighted by molar-refractivity contribution is -0.125. The molecule has 1 fully saturated rings. The Morgan fingerprint density at radius 3 is 3.00 bits per heavy atom. The molecule has 0 aromatic carbocycles. The highest BCUT2D eigenvalue weighted by atomic mass is 35.5. The molecule has 1 saturated heterocycles. The molecule has 0 aliphatic carbocycles. The predicted octanol–water partition coefficient (Wildman–Crippen LogP) is 1.35. The number of carbonyl (C=O) groups excluding carboxylic acids is 1. The molecule has 5 nitrogen and oxygen atoms in total. The van der Waals surface area contributed by atoms with Crippen molar-refractivity contribution in [2.24, 2.45) is 11.1 Å². The van der Waals surface area contributed by atoms with E-state index in [1.165, 1.54) is 0 Å². The molecule has 0 bridgehead atoms. The van der Waals surface area contributed by atoms with Gasteiger partial charge in [-0.25, -0.2) is 4.98 Å². The first-order valence-electron chi connectivity index (χ1n) is 5.70. The standard InChI is InChI=1S/C12H16ClN3O2/c1-7-3-10(13)15-4-8(7)16-11(17)12(2)6-18-5-9(12)14/h3-4,9H,5-6,14H2,1-2H3,(H,16,17). The van der Waals surface area contributed by atoms with Gasteiger partial charge in [-0.15, -0.1) is 0 Å². The molecule has 0 saturated carbocycles. The summed E-state index contributed by atoms with van der Waals surface area (Å²) in [4.78, 5) is 16.2. The maximum absolute atomic E-state index is 12.3. The number of aryl methyl sites for hydroxylation is 1. The van der Waals surface area contributed by atoms with Crippen molar-refractivity contribution in [1.29, 1.82) is 0 Å². The highest BCUT2D eigenvalue weighted by Crippen LogP contribution is 2.29. The van der Waals surface area contributed by atoms with Gasteiger partial charge in [0.25, 0.3) is 0 Å². The first-order valence-corrected chi connectivity index (χ1v) is 6.08. The molecule has 0 radical (unpaired) electrons. The Bertz CT molecular complexity index is 480. The maximum atomic E-state index is 12.3. The Labute approximate surface area is 111 Å². The third-order valence-electron chi connectivity index (χ3n) is 3.36. The van der Waals surface area contributed by atoms with Crippen molar-refractivity contribution in [3.8, 4) is 0 Å². The molecule has 2 rings (SSSR count). The van der Waals surface area contributed by atoms with Crippen molar-refractivity contribution in [3.05, 3.63) is 23.0 Å². The van der Waals surface area contributed by atoms with Gasteiger partial charge in [0.05, 0.1) is 30.5 Å². The van der Waals surface area contributed by atoms with Gasteiger partial charge in [0, 0.05) is 6.04 Å². The van der Waals surface area contributed by atoms with Crippen LogP contribution in [0.4, 0.5) is 5.69 Å². The smallest absolute Gasteiger partial charge is 0.234 e. The van der Waals surface area contributed by atoms with Crippen LogP contribution < -0.4 is 11.1 Å². The molecule has 98 valence electrons. The molecule has 1 aliphatic heterocycles. The van der Waals surface area contributed by atoms with E-state index in [2.05, 4.69) is 10.3 Å². The SMILES string of the molecule is Cc1cc(Cl)ncc1NC(=O)C1(C)COCC1N. The van der Waals surface area contributed by atoms with Gasteiger partial charge in [-0.05, 0) is 25.5 Å². The quantitative estimate of drug-likeness (QED) is 0.795. The number of pyridine rings is 1. The Morgan fingerprint density at radius 1 is 1.72 bits per heavy atom. The molecular weight excluding hydrogens is 254 g/mol. The molecule has 2 heterocycles. The van der Waals surface area contributed by atoms with Gasteiger partial charge < -0.3 is 15.8 Å². The van der Waals surface area contributed by atoms with Gasteiger partial charge in [-0.1, -0.05) is 11.6 Å². The number of nitrogens with two attached hydrogens (primary N) is 1. The minimum Gasteiger partial charge on any atom is -0.379 e. The van der Waals surface area contributed by atoms with Crippen molar-refractivity contribution in [3.63, 3.8) is 0 Å². The van der Waals surface area contributed by atoms with Gasteiger partial charge >= 0.3 is 0 Å². The Balaban J connectivity index is 2.16. The highest BCUT2D eigenvalue weighted by molar-refractivity contribution is 6.29. The van der Waals surface area contributed by atoms with Crippen LogP contribution in [-0.4, -0.2) is 30.1 Å². The lowest BCUT2D eigenvalue weighted by Crippen LogP contribution is -2.47. The van der Waals surface area contributed by atoms with E-state index in [1.807, 2.05) is 6.92 Å². The van der Waals surface area contributed by atoms with Gasteiger partial charge in [0.1, 0.15) is 5.15 Å². The largest absolute Gasteiger partial charge is 0.379 e. The summed E-state index contributed by atoms with van der Waals surface area (Å²) in [7, 11) is 0. The van der Waals surface area contributed by atoms with E-state index >= 15 is 0 Å². The third-order valence-corrected chi connectivity index (χ3v) is 3.57. The summed E-state index contributed by atoms with van der Waals surface area (Å²) in [6.07, 6.45) is 1.54. The summed E-state index contributed by atoms with van der Waals surface area (Å²) >= 11 is 5.77. The van der Waals surface area contributed by atoms with E-state index in [1.54, 1.807) is 19.2 Å². The van der Waals surface area contributed by atoms with Crippen LogP contribution in [0.15, 0.2) is 12.3 Å². The van der Waals surface area contributed by atoms with Crippen molar-refractivity contribution in [2.75, 3.05) is 18.5 Å². The Kier molecular flexibility index (Phi) is 3.56. The van der Waals surface area contributed by atoms with E-state index in [0.29, 0.717) is 24.1 Å². The molecule has 0 spiro atoms. The van der Waals surface area contributed by atoms with Crippen LogP contribution in [0.3, 0.4) is 0 Å². The van der Waals surface area contributed by atoms with Gasteiger partial charge in [0.15, 0.2) is 0 Å². The molecule has 6 heteroatoms. The lowest BCUT2D eigenvalue weighted by Gasteiger charge is -2.25. The first-order chi connectivity index (χ1) is 8.43. The van der Waals surface area contributed by atoms with Crippen LogP contribution in [0.1, 0.15) is 12.5 Å². The number of halogens is 1. The summed E-state index contributed by atoms with van der Waals surface area (Å²) in [5.41, 5.74) is 6.71. The van der Waals surface area contributed by atoms with Gasteiger partial charge in [0.2, 0.25) is 5.91 Å². The number of aromatic nitrogens is 1. The van der Waals surface area contributed by atoms with Crippen molar-refractivity contribution in [1.82, 2.24) is 4.98 Å². The molecule has 1 amide bonds. The number of nitrogens with one attached hydrogen (secondary N) is 1. The number of rotatable bonds is 2. The lowest BCUT2D eigenvalue weighted by atomic mass is 9.85. The van der Waals surface area contributed by atoms with E-state index in [-0.39, 0.29) is 11.9 Å². The summed E-state index contributed by atoms with van der Waals surface area (Å²) in [6.45, 7) is 4.40. The average molecular weight is 270 g/mol. The molecule has 1 aromatic rings. The second-order valence-corrected chi connectivity index (χ2v) is 5.20. The number of carbonyl (C=O) groups is 1. The Hall–Kier alpha value is -1.17. The van der Waals surface area contributed by atoms with E-state index in [4.69, 9.17) is 22.1 Å². The van der Waals surface area contributed by atoms with Crippen molar-refractivity contribution < 1.29 is 9.53 Å². The van der Waals surface area contributed by atoms with Crippen LogP contribution in [0.2, 0.25) is 5.15 Å². The minimum absolute atomic E-state index is 0.153. The fraction of sp³-hybridized carbons (Fsp3) is 0.500. The van der Waals surface area contributed by atoms with Crippen LogP contribution in [0.5, 0.6) is 0 Å². The molecule has 2 unspecified atom stereocenters. The fourth-order valence-electron chi connectivity index (χ4n) is 1.84. The number of amides is 1. The maximum Gasteiger partial charge on any atom is 0.234 e. The minimum atomic E-state index is -0.702. The summed E-state index contributed by atoms with van der Waals surface area (Å²) in [6, 6.07) is 1.41. The molecule has 3 N–H and O–H groups in total. The highest BCUT2D eigenvalue weighted by Gasteiger charge is 2.44. The molecule has 1 aromatic heterocycles. The summed E-state index contributed by atoms with van der Waals surface area (Å²) in [5, 5.41) is 3.23. The van der Waals surface area contributed by atoms with E-state index in [0.717, 1.165) is 5.56 Å². The monoisotopic (exact) mass is 269 g/mol. The first kappa shape index (κ1) is 13.3. The normalized spacial score (nSPS) is 27.2. The number of nitrogens with zero attached hydrogens (tertiary/aromatic N) is 1.